The molecule has 2 fully saturated rings. The number of rotatable bonds is 6. The van der Waals surface area contributed by atoms with Crippen molar-refractivity contribution in [1.82, 2.24) is 10.2 Å². The monoisotopic (exact) mass is 385 g/mol. The van der Waals surface area contributed by atoms with Gasteiger partial charge in [-0.1, -0.05) is 39.3 Å². The Bertz CT molecular complexity index is 736. The van der Waals surface area contributed by atoms with Crippen molar-refractivity contribution in [2.24, 2.45) is 5.92 Å². The summed E-state index contributed by atoms with van der Waals surface area (Å²) in [7, 11) is 0. The fraction of sp³-hybridized carbons (Fsp3) is 0.591. The summed E-state index contributed by atoms with van der Waals surface area (Å²) < 4.78 is 0. The molecule has 1 saturated heterocycles. The van der Waals surface area contributed by atoms with Crippen molar-refractivity contribution in [2.75, 3.05) is 11.9 Å². The molecule has 1 heterocycles. The number of hydrogen-bond donors (Lipinski definition) is 2. The van der Waals surface area contributed by atoms with Crippen LogP contribution >= 0.6 is 0 Å². The van der Waals surface area contributed by atoms with Gasteiger partial charge in [-0.15, -0.1) is 0 Å². The maximum atomic E-state index is 12.9. The van der Waals surface area contributed by atoms with Gasteiger partial charge in [0.1, 0.15) is 12.1 Å². The lowest BCUT2D eigenvalue weighted by molar-refractivity contribution is -0.135. The zero-order valence-electron chi connectivity index (χ0n) is 17.1. The van der Waals surface area contributed by atoms with Crippen LogP contribution in [0.25, 0.3) is 0 Å². The summed E-state index contributed by atoms with van der Waals surface area (Å²) in [5, 5.41) is 5.66. The molecule has 152 valence electrons. The Kier molecular flexibility index (Phi) is 6.06. The first-order chi connectivity index (χ1) is 13.4. The molecule has 1 aromatic rings. The van der Waals surface area contributed by atoms with E-state index in [1.165, 1.54) is 5.56 Å². The van der Waals surface area contributed by atoms with Gasteiger partial charge in [-0.2, -0.15) is 0 Å². The second-order valence-corrected chi connectivity index (χ2v) is 8.23. The van der Waals surface area contributed by atoms with Gasteiger partial charge >= 0.3 is 6.03 Å². The second-order valence-electron chi connectivity index (χ2n) is 8.23. The molecule has 0 aromatic heterocycles. The van der Waals surface area contributed by atoms with E-state index in [0.29, 0.717) is 30.4 Å². The number of hydrogen-bond acceptors (Lipinski definition) is 3. The van der Waals surface area contributed by atoms with Gasteiger partial charge in [0.25, 0.3) is 5.91 Å². The molecule has 1 aliphatic carbocycles. The van der Waals surface area contributed by atoms with E-state index in [-0.39, 0.29) is 18.4 Å². The molecule has 0 radical (unpaired) electrons. The highest BCUT2D eigenvalue weighted by molar-refractivity contribution is 6.10. The topological polar surface area (TPSA) is 78.5 Å². The summed E-state index contributed by atoms with van der Waals surface area (Å²) >= 11 is 0. The molecule has 1 spiro atoms. The van der Waals surface area contributed by atoms with E-state index in [1.54, 1.807) is 0 Å². The van der Waals surface area contributed by atoms with E-state index in [4.69, 9.17) is 0 Å². The second kappa shape index (κ2) is 8.33. The number of nitrogens with one attached hydrogen (secondary N) is 2. The number of imide groups is 1. The molecule has 4 amide bonds. The number of amides is 4. The van der Waals surface area contributed by atoms with Crippen LogP contribution in [0.4, 0.5) is 10.5 Å². The van der Waals surface area contributed by atoms with E-state index in [1.807, 2.05) is 24.3 Å². The van der Waals surface area contributed by atoms with Crippen molar-refractivity contribution < 1.29 is 14.4 Å². The molecule has 2 N–H and O–H groups in total. The van der Waals surface area contributed by atoms with Crippen molar-refractivity contribution in [3.8, 4) is 0 Å². The largest absolute Gasteiger partial charge is 0.325 e. The lowest BCUT2D eigenvalue weighted by Gasteiger charge is -2.34. The fourth-order valence-electron chi connectivity index (χ4n) is 4.21. The number of urea groups is 1. The van der Waals surface area contributed by atoms with Crippen molar-refractivity contribution in [3.63, 3.8) is 0 Å². The predicted molar refractivity (Wildman–Crippen MR) is 109 cm³/mol. The normalized spacial score (nSPS) is 25.7. The number of carbonyl (C=O) groups excluding carboxylic acids is 3. The Hall–Kier alpha value is -2.37. The molecule has 6 nitrogen and oxygen atoms in total. The summed E-state index contributed by atoms with van der Waals surface area (Å²) in [6.45, 7) is 6.20. The van der Waals surface area contributed by atoms with Crippen LogP contribution < -0.4 is 10.6 Å². The molecule has 0 bridgehead atoms. The first-order valence-electron chi connectivity index (χ1n) is 10.4. The van der Waals surface area contributed by atoms with Gasteiger partial charge < -0.3 is 10.6 Å². The zero-order valence-corrected chi connectivity index (χ0v) is 17.1. The van der Waals surface area contributed by atoms with Gasteiger partial charge in [0.2, 0.25) is 5.91 Å². The molecule has 1 aliphatic heterocycles. The predicted octanol–water partition coefficient (Wildman–Crippen LogP) is 4.03. The smallest absolute Gasteiger partial charge is 0.325 e. The lowest BCUT2D eigenvalue weighted by atomic mass is 9.75. The summed E-state index contributed by atoms with van der Waals surface area (Å²) in [4.78, 5) is 38.7. The van der Waals surface area contributed by atoms with Crippen molar-refractivity contribution in [3.05, 3.63) is 29.8 Å². The van der Waals surface area contributed by atoms with E-state index in [2.05, 4.69) is 31.4 Å². The Morgan fingerprint density at radius 3 is 2.43 bits per heavy atom. The van der Waals surface area contributed by atoms with Gasteiger partial charge in [-0.25, -0.2) is 4.79 Å². The SMILES string of the molecule is CCC1CCC2(CC1)NC(=O)N(CC(=O)Nc1ccc([C@@H](C)CC)cc1)C2=O. The molecule has 2 aliphatic rings. The van der Waals surface area contributed by atoms with Crippen LogP contribution in [-0.4, -0.2) is 34.8 Å². The Morgan fingerprint density at radius 1 is 1.21 bits per heavy atom. The van der Waals surface area contributed by atoms with Crippen molar-refractivity contribution in [1.29, 1.82) is 0 Å². The molecule has 6 heteroatoms. The van der Waals surface area contributed by atoms with Crippen molar-refractivity contribution in [2.45, 2.75) is 70.8 Å². The average Bonchev–Trinajstić information content (AvgIpc) is 2.92. The van der Waals surface area contributed by atoms with Crippen LogP contribution in [0, 0.1) is 5.92 Å². The summed E-state index contributed by atoms with van der Waals surface area (Å²) in [5.74, 6) is 0.467. The Labute approximate surface area is 167 Å². The number of anilines is 1. The van der Waals surface area contributed by atoms with Gasteiger partial charge in [0.05, 0.1) is 0 Å². The highest BCUT2D eigenvalue weighted by Crippen LogP contribution is 2.37. The third-order valence-electron chi connectivity index (χ3n) is 6.46. The van der Waals surface area contributed by atoms with Crippen LogP contribution in [0.5, 0.6) is 0 Å². The highest BCUT2D eigenvalue weighted by Gasteiger charge is 2.52. The van der Waals surface area contributed by atoms with Crippen LogP contribution in [0.1, 0.15) is 70.8 Å². The molecule has 3 rings (SSSR count). The first-order valence-corrected chi connectivity index (χ1v) is 10.4. The molecule has 1 aromatic carbocycles. The van der Waals surface area contributed by atoms with Gasteiger partial charge in [0.15, 0.2) is 0 Å². The van der Waals surface area contributed by atoms with E-state index in [0.717, 1.165) is 30.6 Å². The maximum absolute atomic E-state index is 12.9. The minimum Gasteiger partial charge on any atom is -0.325 e. The van der Waals surface area contributed by atoms with E-state index >= 15 is 0 Å². The quantitative estimate of drug-likeness (QED) is 0.726. The number of benzene rings is 1. The van der Waals surface area contributed by atoms with Gasteiger partial charge in [-0.05, 0) is 61.6 Å². The molecule has 0 unspecified atom stereocenters. The minimum atomic E-state index is -0.805. The van der Waals surface area contributed by atoms with E-state index < -0.39 is 11.6 Å². The third kappa shape index (κ3) is 4.05. The van der Waals surface area contributed by atoms with Crippen LogP contribution in [-0.2, 0) is 9.59 Å². The van der Waals surface area contributed by atoms with Gasteiger partial charge in [-0.3, -0.25) is 14.5 Å². The van der Waals surface area contributed by atoms with Gasteiger partial charge in [0, 0.05) is 5.69 Å². The van der Waals surface area contributed by atoms with Crippen LogP contribution in [0.3, 0.4) is 0 Å². The lowest BCUT2D eigenvalue weighted by Crippen LogP contribution is -2.49. The first kappa shape index (κ1) is 20.4. The maximum Gasteiger partial charge on any atom is 0.325 e. The highest BCUT2D eigenvalue weighted by atomic mass is 16.2. The standard InChI is InChI=1S/C22H31N3O3/c1-4-15(3)17-6-8-18(9-7-17)23-19(26)14-25-20(27)22(24-21(25)28)12-10-16(5-2)11-13-22/h6-9,15-16H,4-5,10-14H2,1-3H3,(H,23,26)(H,24,28)/t15-,16?,22?/m0/s1. The Morgan fingerprint density at radius 2 is 1.86 bits per heavy atom. The number of nitrogens with zero attached hydrogens (tertiary/aromatic N) is 1. The van der Waals surface area contributed by atoms with E-state index in [9.17, 15) is 14.4 Å². The van der Waals surface area contributed by atoms with Crippen molar-refractivity contribution >= 4 is 23.5 Å². The van der Waals surface area contributed by atoms with Crippen LogP contribution in [0.2, 0.25) is 0 Å². The number of carbonyl (C=O) groups is 3. The molecular formula is C22H31N3O3. The molecule has 28 heavy (non-hydrogen) atoms. The zero-order chi connectivity index (χ0) is 20.3. The Balaban J connectivity index is 1.59. The summed E-state index contributed by atoms with van der Waals surface area (Å²) in [6.07, 6.45) is 5.34. The van der Waals surface area contributed by atoms with Crippen LogP contribution in [0.15, 0.2) is 24.3 Å². The summed E-state index contributed by atoms with van der Waals surface area (Å²) in [5.41, 5.74) is 1.09. The minimum absolute atomic E-state index is 0.253. The molecule has 1 saturated carbocycles. The molecule has 1 atom stereocenters. The summed E-state index contributed by atoms with van der Waals surface area (Å²) in [6, 6.07) is 7.26. The fourth-order valence-corrected chi connectivity index (χ4v) is 4.21. The average molecular weight is 386 g/mol. The third-order valence-corrected chi connectivity index (χ3v) is 6.46. The molecular weight excluding hydrogens is 354 g/mol.